The minimum absolute atomic E-state index is 0.0652. The molecule has 0 aromatic rings. The summed E-state index contributed by atoms with van der Waals surface area (Å²) in [6.07, 6.45) is 1.37. The average molecular weight is 166 g/mol. The molecule has 0 unspecified atom stereocenters. The number of rotatable bonds is 0. The predicted molar refractivity (Wildman–Crippen MR) is 41.7 cm³/mol. The van der Waals surface area contributed by atoms with Gasteiger partial charge in [0.05, 0.1) is 0 Å². The monoisotopic (exact) mass is 166 g/mol. The summed E-state index contributed by atoms with van der Waals surface area (Å²) >= 11 is 0. The Morgan fingerprint density at radius 2 is 1.83 bits per heavy atom. The number of carbonyl (C=O) groups excluding carboxylic acids is 2. The molecule has 0 amide bonds. The van der Waals surface area contributed by atoms with Crippen molar-refractivity contribution in [2.45, 2.75) is 32.0 Å². The van der Waals surface area contributed by atoms with E-state index in [1.807, 2.05) is 0 Å². The average Bonchev–Trinajstić information content (AvgIpc) is 2.55. The van der Waals surface area contributed by atoms with Crippen molar-refractivity contribution in [3.8, 4) is 0 Å². The number of hydrogen-bond donors (Lipinski definition) is 0. The fourth-order valence-electron chi connectivity index (χ4n) is 1.71. The zero-order valence-corrected chi connectivity index (χ0v) is 7.30. The molecule has 0 N–H and O–H groups in total. The first-order valence-electron chi connectivity index (χ1n) is 3.89. The van der Waals surface area contributed by atoms with Crippen LogP contribution in [0.3, 0.4) is 0 Å². The Morgan fingerprint density at radius 3 is 2.42 bits per heavy atom. The van der Waals surface area contributed by atoms with Crippen molar-refractivity contribution in [2.24, 2.45) is 0 Å². The van der Waals surface area contributed by atoms with E-state index in [4.69, 9.17) is 4.74 Å². The van der Waals surface area contributed by atoms with Gasteiger partial charge in [-0.3, -0.25) is 9.59 Å². The third-order valence-corrected chi connectivity index (χ3v) is 2.89. The molecule has 64 valence electrons. The third-order valence-electron chi connectivity index (χ3n) is 2.89. The Hall–Kier alpha value is -0.960. The van der Waals surface area contributed by atoms with Crippen LogP contribution >= 0.6 is 0 Å². The Morgan fingerprint density at radius 1 is 1.25 bits per heavy atom. The molecule has 12 heavy (non-hydrogen) atoms. The molecular formula is C9H10O3. The highest BCUT2D eigenvalue weighted by Gasteiger charge is 2.73. The van der Waals surface area contributed by atoms with Crippen molar-refractivity contribution < 1.29 is 14.3 Å². The maximum Gasteiger partial charge on any atom is 0.193 e. The predicted octanol–water partition coefficient (Wildman–Crippen LogP) is 0.632. The highest BCUT2D eigenvalue weighted by atomic mass is 16.6. The summed E-state index contributed by atoms with van der Waals surface area (Å²) in [4.78, 5) is 22.9. The van der Waals surface area contributed by atoms with E-state index in [1.165, 1.54) is 6.08 Å². The summed E-state index contributed by atoms with van der Waals surface area (Å²) in [7, 11) is 0. The Kier molecular flexibility index (Phi) is 1.08. The molecule has 0 aromatic carbocycles. The van der Waals surface area contributed by atoms with E-state index < -0.39 is 11.2 Å². The standard InChI is InChI=1S/C9H10O3/c1-5-4-6(10)8(2)9(3,12-8)7(5)11/h4H,1-3H3/t8-,9-/m0/s1. The summed E-state index contributed by atoms with van der Waals surface area (Å²) in [6, 6.07) is 0. The van der Waals surface area contributed by atoms with Gasteiger partial charge < -0.3 is 4.74 Å². The number of epoxide rings is 1. The number of fused-ring (bicyclic) bond motifs is 1. The lowest BCUT2D eigenvalue weighted by Crippen LogP contribution is -2.39. The molecule has 1 fully saturated rings. The molecule has 2 aliphatic rings. The van der Waals surface area contributed by atoms with E-state index in [0.29, 0.717) is 5.57 Å². The lowest BCUT2D eigenvalue weighted by Gasteiger charge is -2.14. The Balaban J connectivity index is 2.54. The van der Waals surface area contributed by atoms with Gasteiger partial charge in [-0.2, -0.15) is 0 Å². The topological polar surface area (TPSA) is 46.7 Å². The van der Waals surface area contributed by atoms with Crippen LogP contribution in [-0.2, 0) is 14.3 Å². The SMILES string of the molecule is CC1=CC(=O)[C@]2(C)O[C@@]2(C)C1=O. The largest absolute Gasteiger partial charge is 0.346 e. The van der Waals surface area contributed by atoms with Gasteiger partial charge in [-0.05, 0) is 32.4 Å². The van der Waals surface area contributed by atoms with Crippen LogP contribution in [0.25, 0.3) is 0 Å². The molecule has 1 heterocycles. The first kappa shape index (κ1) is 7.68. The quantitative estimate of drug-likeness (QED) is 0.496. The molecule has 1 aliphatic heterocycles. The van der Waals surface area contributed by atoms with E-state index in [0.717, 1.165) is 0 Å². The van der Waals surface area contributed by atoms with Crippen molar-refractivity contribution in [1.82, 2.24) is 0 Å². The van der Waals surface area contributed by atoms with E-state index in [1.54, 1.807) is 20.8 Å². The van der Waals surface area contributed by atoms with Crippen LogP contribution in [0.5, 0.6) is 0 Å². The lowest BCUT2D eigenvalue weighted by atomic mass is 9.81. The van der Waals surface area contributed by atoms with Crippen molar-refractivity contribution in [2.75, 3.05) is 0 Å². The molecule has 0 aromatic heterocycles. The molecule has 2 atom stereocenters. The van der Waals surface area contributed by atoms with E-state index in [-0.39, 0.29) is 11.6 Å². The first-order chi connectivity index (χ1) is 5.42. The summed E-state index contributed by atoms with van der Waals surface area (Å²) in [5.74, 6) is -0.160. The first-order valence-corrected chi connectivity index (χ1v) is 3.89. The highest BCUT2D eigenvalue weighted by Crippen LogP contribution is 2.52. The van der Waals surface area contributed by atoms with Crippen LogP contribution in [0.1, 0.15) is 20.8 Å². The summed E-state index contributed by atoms with van der Waals surface area (Å²) in [5.41, 5.74) is -1.25. The molecule has 3 nitrogen and oxygen atoms in total. The van der Waals surface area contributed by atoms with Gasteiger partial charge in [-0.1, -0.05) is 0 Å². The lowest BCUT2D eigenvalue weighted by molar-refractivity contribution is -0.123. The molecule has 2 rings (SSSR count). The highest BCUT2D eigenvalue weighted by molar-refractivity contribution is 6.20. The zero-order valence-electron chi connectivity index (χ0n) is 7.30. The molecule has 1 aliphatic carbocycles. The van der Waals surface area contributed by atoms with Gasteiger partial charge in [0.1, 0.15) is 0 Å². The summed E-state index contributed by atoms with van der Waals surface area (Å²) in [6.45, 7) is 4.98. The van der Waals surface area contributed by atoms with Crippen LogP contribution in [0.15, 0.2) is 11.6 Å². The van der Waals surface area contributed by atoms with Crippen molar-refractivity contribution in [1.29, 1.82) is 0 Å². The normalized spacial score (nSPS) is 45.4. The van der Waals surface area contributed by atoms with Gasteiger partial charge in [0.25, 0.3) is 0 Å². The van der Waals surface area contributed by atoms with Gasteiger partial charge >= 0.3 is 0 Å². The molecule has 0 spiro atoms. The number of Topliss-reactive ketones (excluding diaryl/α,β-unsaturated/α-hetero) is 1. The van der Waals surface area contributed by atoms with E-state index in [2.05, 4.69) is 0 Å². The van der Waals surface area contributed by atoms with E-state index in [9.17, 15) is 9.59 Å². The summed E-state index contributed by atoms with van der Waals surface area (Å²) in [5, 5.41) is 0. The van der Waals surface area contributed by atoms with Crippen molar-refractivity contribution >= 4 is 11.6 Å². The Labute approximate surface area is 70.4 Å². The van der Waals surface area contributed by atoms with Crippen LogP contribution in [-0.4, -0.2) is 22.8 Å². The van der Waals surface area contributed by atoms with E-state index >= 15 is 0 Å². The molecular weight excluding hydrogens is 156 g/mol. The van der Waals surface area contributed by atoms with Crippen LogP contribution in [0, 0.1) is 0 Å². The molecule has 1 saturated heterocycles. The van der Waals surface area contributed by atoms with Crippen LogP contribution < -0.4 is 0 Å². The molecule has 3 heteroatoms. The minimum atomic E-state index is -0.872. The van der Waals surface area contributed by atoms with Gasteiger partial charge in [0.15, 0.2) is 22.8 Å². The molecule has 0 saturated carbocycles. The number of carbonyl (C=O) groups is 2. The molecule has 0 bridgehead atoms. The fraction of sp³-hybridized carbons (Fsp3) is 0.556. The van der Waals surface area contributed by atoms with Gasteiger partial charge in [0.2, 0.25) is 0 Å². The van der Waals surface area contributed by atoms with Crippen LogP contribution in [0.2, 0.25) is 0 Å². The zero-order chi connectivity index (χ0) is 9.15. The molecule has 0 radical (unpaired) electrons. The second-order valence-corrected chi connectivity index (χ2v) is 3.69. The second kappa shape index (κ2) is 1.69. The van der Waals surface area contributed by atoms with Gasteiger partial charge in [-0.25, -0.2) is 0 Å². The van der Waals surface area contributed by atoms with Gasteiger partial charge in [-0.15, -0.1) is 0 Å². The number of ketones is 2. The van der Waals surface area contributed by atoms with Crippen molar-refractivity contribution in [3.05, 3.63) is 11.6 Å². The fourth-order valence-corrected chi connectivity index (χ4v) is 1.71. The number of hydrogen-bond acceptors (Lipinski definition) is 3. The minimum Gasteiger partial charge on any atom is -0.346 e. The maximum atomic E-state index is 11.5. The van der Waals surface area contributed by atoms with Crippen LogP contribution in [0.4, 0.5) is 0 Å². The maximum absolute atomic E-state index is 11.5. The van der Waals surface area contributed by atoms with Gasteiger partial charge in [0, 0.05) is 0 Å². The van der Waals surface area contributed by atoms with Crippen molar-refractivity contribution in [3.63, 3.8) is 0 Å². The number of ether oxygens (including phenoxy) is 1. The summed E-state index contributed by atoms with van der Waals surface area (Å²) < 4.78 is 5.20. The Bertz CT molecular complexity index is 329. The smallest absolute Gasteiger partial charge is 0.193 e. The third kappa shape index (κ3) is 0.569. The second-order valence-electron chi connectivity index (χ2n) is 3.69.